The van der Waals surface area contributed by atoms with Crippen LogP contribution in [0.2, 0.25) is 15.1 Å². The lowest BCUT2D eigenvalue weighted by Crippen LogP contribution is -2.42. The van der Waals surface area contributed by atoms with Crippen molar-refractivity contribution in [1.82, 2.24) is 4.90 Å². The van der Waals surface area contributed by atoms with Gasteiger partial charge in [0.15, 0.2) is 0 Å². The van der Waals surface area contributed by atoms with Crippen LogP contribution in [0.25, 0.3) is 0 Å². The van der Waals surface area contributed by atoms with Crippen molar-refractivity contribution in [2.24, 2.45) is 0 Å². The van der Waals surface area contributed by atoms with Crippen molar-refractivity contribution in [3.8, 4) is 0 Å². The summed E-state index contributed by atoms with van der Waals surface area (Å²) in [5.41, 5.74) is 0.796. The quantitative estimate of drug-likeness (QED) is 0.863. The van der Waals surface area contributed by atoms with Crippen molar-refractivity contribution in [2.45, 2.75) is 31.8 Å². The number of halogens is 3. The van der Waals surface area contributed by atoms with Crippen molar-refractivity contribution in [3.05, 3.63) is 27.2 Å². The third-order valence-corrected chi connectivity index (χ3v) is 4.38. The normalized spacial score (nSPS) is 25.2. The molecule has 0 amide bonds. The highest BCUT2D eigenvalue weighted by molar-refractivity contribution is 6.41. The minimum Gasteiger partial charge on any atom is -0.380 e. The lowest BCUT2D eigenvalue weighted by molar-refractivity contribution is 0.190. The number of benzene rings is 1. The van der Waals surface area contributed by atoms with Gasteiger partial charge in [0.25, 0.3) is 0 Å². The molecule has 2 atom stereocenters. The smallest absolute Gasteiger partial charge is 0.0722 e. The summed E-state index contributed by atoms with van der Waals surface area (Å²) in [5, 5.41) is 5.17. The Morgan fingerprint density at radius 3 is 2.39 bits per heavy atom. The molecule has 1 saturated heterocycles. The van der Waals surface area contributed by atoms with Crippen molar-refractivity contribution in [3.63, 3.8) is 0 Å². The maximum Gasteiger partial charge on any atom is 0.0722 e. The van der Waals surface area contributed by atoms with E-state index in [1.54, 1.807) is 12.1 Å². The minimum absolute atomic E-state index is 0.410. The number of piperidine rings is 1. The number of anilines is 1. The van der Waals surface area contributed by atoms with E-state index < -0.39 is 0 Å². The van der Waals surface area contributed by atoms with Crippen LogP contribution in [0.15, 0.2) is 12.1 Å². The van der Waals surface area contributed by atoms with E-state index in [0.29, 0.717) is 27.2 Å². The van der Waals surface area contributed by atoms with E-state index in [0.717, 1.165) is 25.1 Å². The number of hydrogen-bond acceptors (Lipinski definition) is 2. The fourth-order valence-corrected chi connectivity index (χ4v) is 3.23. The summed E-state index contributed by atoms with van der Waals surface area (Å²) in [5.74, 6) is 0. The lowest BCUT2D eigenvalue weighted by atomic mass is 9.98. The molecule has 1 aromatic carbocycles. The molecule has 18 heavy (non-hydrogen) atoms. The molecule has 0 saturated carbocycles. The van der Waals surface area contributed by atoms with Gasteiger partial charge in [-0.2, -0.15) is 0 Å². The number of hydrogen-bond donors (Lipinski definition) is 1. The zero-order chi connectivity index (χ0) is 13.3. The van der Waals surface area contributed by atoms with Gasteiger partial charge in [-0.15, -0.1) is 0 Å². The van der Waals surface area contributed by atoms with Gasteiger partial charge < -0.3 is 10.2 Å². The van der Waals surface area contributed by atoms with Gasteiger partial charge in [0.05, 0.1) is 15.7 Å². The van der Waals surface area contributed by atoms with E-state index in [9.17, 15) is 0 Å². The monoisotopic (exact) mass is 306 g/mol. The predicted molar refractivity (Wildman–Crippen MR) is 80.2 cm³/mol. The summed E-state index contributed by atoms with van der Waals surface area (Å²) < 4.78 is 0. The molecular weight excluding hydrogens is 291 g/mol. The summed E-state index contributed by atoms with van der Waals surface area (Å²) in [6.45, 7) is 3.32. The molecule has 2 rings (SSSR count). The molecule has 1 aliphatic heterocycles. The molecule has 1 aliphatic rings. The average molecular weight is 308 g/mol. The summed E-state index contributed by atoms with van der Waals surface area (Å²) in [7, 11) is 2.16. The molecule has 5 heteroatoms. The van der Waals surface area contributed by atoms with Gasteiger partial charge in [0.2, 0.25) is 0 Å². The van der Waals surface area contributed by atoms with Gasteiger partial charge in [0, 0.05) is 23.7 Å². The van der Waals surface area contributed by atoms with E-state index in [4.69, 9.17) is 34.8 Å². The zero-order valence-electron chi connectivity index (χ0n) is 10.5. The number of rotatable bonds is 2. The third kappa shape index (κ3) is 3.24. The van der Waals surface area contributed by atoms with Gasteiger partial charge in [-0.3, -0.25) is 0 Å². The number of nitrogens with one attached hydrogen (secondary N) is 1. The molecule has 0 aromatic heterocycles. The van der Waals surface area contributed by atoms with Gasteiger partial charge in [-0.25, -0.2) is 0 Å². The van der Waals surface area contributed by atoms with Crippen LogP contribution in [0.4, 0.5) is 5.69 Å². The zero-order valence-corrected chi connectivity index (χ0v) is 12.8. The Balaban J connectivity index is 2.10. The van der Waals surface area contributed by atoms with E-state index in [1.165, 1.54) is 0 Å². The fourth-order valence-electron chi connectivity index (χ4n) is 2.30. The average Bonchev–Trinajstić information content (AvgIpc) is 2.28. The Morgan fingerprint density at radius 2 is 1.83 bits per heavy atom. The van der Waals surface area contributed by atoms with Crippen LogP contribution < -0.4 is 5.32 Å². The highest BCUT2D eigenvalue weighted by Gasteiger charge is 2.23. The van der Waals surface area contributed by atoms with Crippen LogP contribution in [0.1, 0.15) is 19.8 Å². The summed E-state index contributed by atoms with van der Waals surface area (Å²) in [4.78, 5) is 2.36. The molecule has 2 unspecified atom stereocenters. The molecular formula is C13H17Cl3N2. The predicted octanol–water partition coefficient (Wildman–Crippen LogP) is 4.54. The van der Waals surface area contributed by atoms with Gasteiger partial charge in [0.1, 0.15) is 0 Å². The van der Waals surface area contributed by atoms with Gasteiger partial charge >= 0.3 is 0 Å². The molecule has 1 aromatic rings. The summed E-state index contributed by atoms with van der Waals surface area (Å²) in [6, 6.07) is 4.42. The van der Waals surface area contributed by atoms with Crippen molar-refractivity contribution >= 4 is 40.5 Å². The van der Waals surface area contributed by atoms with Crippen LogP contribution in [0.5, 0.6) is 0 Å². The van der Waals surface area contributed by atoms with Crippen LogP contribution in [-0.4, -0.2) is 30.6 Å². The molecule has 0 radical (unpaired) electrons. The molecule has 1 fully saturated rings. The van der Waals surface area contributed by atoms with Gasteiger partial charge in [-0.1, -0.05) is 34.8 Å². The lowest BCUT2D eigenvalue weighted by Gasteiger charge is -2.36. The fraction of sp³-hybridized carbons (Fsp3) is 0.538. The highest BCUT2D eigenvalue weighted by atomic mass is 35.5. The van der Waals surface area contributed by atoms with Gasteiger partial charge in [-0.05, 0) is 38.9 Å². The molecule has 100 valence electrons. The molecule has 0 spiro atoms. The maximum atomic E-state index is 6.18. The van der Waals surface area contributed by atoms with E-state index in [2.05, 4.69) is 24.2 Å². The number of likely N-dealkylation sites (tertiary alicyclic amines) is 1. The largest absolute Gasteiger partial charge is 0.380 e. The molecule has 1 N–H and O–H groups in total. The first kappa shape index (κ1) is 14.3. The van der Waals surface area contributed by atoms with Crippen LogP contribution in [0, 0.1) is 0 Å². The molecule has 0 bridgehead atoms. The van der Waals surface area contributed by atoms with Crippen molar-refractivity contribution in [1.29, 1.82) is 0 Å². The minimum atomic E-state index is 0.410. The summed E-state index contributed by atoms with van der Waals surface area (Å²) >= 11 is 18.3. The first-order valence-corrected chi connectivity index (χ1v) is 7.22. The maximum absolute atomic E-state index is 6.18. The Bertz CT molecular complexity index is 413. The van der Waals surface area contributed by atoms with E-state index in [1.807, 2.05) is 0 Å². The van der Waals surface area contributed by atoms with Crippen LogP contribution in [0.3, 0.4) is 0 Å². The Kier molecular flexibility index (Phi) is 4.65. The Hall–Kier alpha value is -0.150. The first-order chi connectivity index (χ1) is 8.47. The van der Waals surface area contributed by atoms with Crippen molar-refractivity contribution in [2.75, 3.05) is 18.9 Å². The Morgan fingerprint density at radius 1 is 1.22 bits per heavy atom. The van der Waals surface area contributed by atoms with Crippen LogP contribution in [-0.2, 0) is 0 Å². The topological polar surface area (TPSA) is 15.3 Å². The summed E-state index contributed by atoms with van der Waals surface area (Å²) in [6.07, 6.45) is 2.18. The number of nitrogens with zero attached hydrogens (tertiary/aromatic N) is 1. The highest BCUT2D eigenvalue weighted by Crippen LogP contribution is 2.35. The second kappa shape index (κ2) is 5.87. The molecule has 0 aliphatic carbocycles. The van der Waals surface area contributed by atoms with E-state index in [-0.39, 0.29) is 0 Å². The SMILES string of the molecule is CC1CC(Nc2c(Cl)cc(Cl)cc2Cl)CCN1C. The second-order valence-corrected chi connectivity index (χ2v) is 6.19. The second-order valence-electron chi connectivity index (χ2n) is 4.94. The standard InChI is InChI=1S/C13H17Cl3N2/c1-8-5-10(3-4-18(8)2)17-13-11(15)6-9(14)7-12(13)16/h6-8,10,17H,3-5H2,1-2H3. The van der Waals surface area contributed by atoms with Crippen molar-refractivity contribution < 1.29 is 0 Å². The first-order valence-electron chi connectivity index (χ1n) is 6.08. The van der Waals surface area contributed by atoms with Crippen LogP contribution >= 0.6 is 34.8 Å². The van der Waals surface area contributed by atoms with E-state index >= 15 is 0 Å². The third-order valence-electron chi connectivity index (χ3n) is 3.56. The Labute approximate surface area is 123 Å². The molecule has 1 heterocycles. The molecule has 2 nitrogen and oxygen atoms in total.